The Bertz CT molecular complexity index is 1820. The fourth-order valence-electron chi connectivity index (χ4n) is 11.0. The number of hydrogen-bond acceptors (Lipinski definition) is 15. The second-order valence-corrected chi connectivity index (χ2v) is 30.9. The van der Waals surface area contributed by atoms with Gasteiger partial charge < -0.3 is 33.8 Å². The van der Waals surface area contributed by atoms with E-state index in [0.29, 0.717) is 31.6 Å². The molecule has 0 amide bonds. The third-order valence-electron chi connectivity index (χ3n) is 17.2. The van der Waals surface area contributed by atoms with Gasteiger partial charge >= 0.3 is 39.5 Å². The SMILES string of the molecule is CCC(C)CCCCCCCCCCCCC(=O)OC[C@H](COP(=O)(O)OCC(O)COP(=O)(O)OC[C@@H](COC(=O)CCCCCCCCCC(C)C)OC(=O)CCCCCCCCCCCCCC(C)C)OC(=O)CCCCCCCCCCCCCC(C)C. The number of aliphatic hydroxyl groups excluding tert-OH is 1. The molecule has 3 N–H and O–H groups in total. The molecular weight excluding hydrogens is 1210 g/mol. The molecule has 0 saturated carbocycles. The highest BCUT2D eigenvalue weighted by molar-refractivity contribution is 7.47. The number of unbranched alkanes of at least 4 members (excludes halogenated alkanes) is 35. The van der Waals surface area contributed by atoms with Crippen molar-refractivity contribution in [3.63, 3.8) is 0 Å². The van der Waals surface area contributed by atoms with Crippen molar-refractivity contribution in [3.8, 4) is 0 Å². The van der Waals surface area contributed by atoms with Crippen LogP contribution in [-0.4, -0.2) is 96.7 Å². The van der Waals surface area contributed by atoms with Crippen molar-refractivity contribution in [3.05, 3.63) is 0 Å². The molecule has 0 aromatic heterocycles. The molecule has 0 saturated heterocycles. The number of ether oxygens (including phenoxy) is 4. The van der Waals surface area contributed by atoms with E-state index in [-0.39, 0.29) is 25.7 Å². The summed E-state index contributed by atoms with van der Waals surface area (Å²) in [7, 11) is -9.91. The molecule has 0 aliphatic carbocycles. The predicted molar refractivity (Wildman–Crippen MR) is 372 cm³/mol. The summed E-state index contributed by atoms with van der Waals surface area (Å²) < 4.78 is 68.4. The Morgan fingerprint density at radius 3 is 0.772 bits per heavy atom. The van der Waals surface area contributed by atoms with Gasteiger partial charge in [0, 0.05) is 25.7 Å². The Morgan fingerprint density at radius 2 is 0.522 bits per heavy atom. The second-order valence-electron chi connectivity index (χ2n) is 28.0. The maximum atomic E-state index is 13.1. The van der Waals surface area contributed by atoms with Crippen molar-refractivity contribution in [1.29, 1.82) is 0 Å². The highest BCUT2D eigenvalue weighted by Gasteiger charge is 2.30. The summed E-state index contributed by atoms with van der Waals surface area (Å²) in [6, 6.07) is 0. The Kier molecular flexibility index (Phi) is 61.3. The van der Waals surface area contributed by atoms with E-state index in [9.17, 15) is 43.2 Å². The van der Waals surface area contributed by atoms with Crippen LogP contribution in [0.4, 0.5) is 0 Å². The Hall–Kier alpha value is -1.94. The Morgan fingerprint density at radius 1 is 0.304 bits per heavy atom. The van der Waals surface area contributed by atoms with E-state index in [0.717, 1.165) is 114 Å². The lowest BCUT2D eigenvalue weighted by Crippen LogP contribution is -2.30. The third kappa shape index (κ3) is 65.4. The lowest BCUT2D eigenvalue weighted by molar-refractivity contribution is -0.161. The van der Waals surface area contributed by atoms with E-state index >= 15 is 0 Å². The average Bonchev–Trinajstić information content (AvgIpc) is 3.06. The topological polar surface area (TPSA) is 237 Å². The molecule has 92 heavy (non-hydrogen) atoms. The zero-order valence-electron chi connectivity index (χ0n) is 60.2. The van der Waals surface area contributed by atoms with Crippen molar-refractivity contribution in [2.24, 2.45) is 23.7 Å². The van der Waals surface area contributed by atoms with Crippen LogP contribution in [0.3, 0.4) is 0 Å². The molecule has 0 radical (unpaired) electrons. The first-order chi connectivity index (χ1) is 44.1. The average molecular weight is 1350 g/mol. The van der Waals surface area contributed by atoms with Gasteiger partial charge in [0.05, 0.1) is 26.4 Å². The molecule has 0 rings (SSSR count). The number of phosphoric ester groups is 2. The van der Waals surface area contributed by atoms with Gasteiger partial charge in [-0.05, 0) is 49.4 Å². The lowest BCUT2D eigenvalue weighted by Gasteiger charge is -2.21. The molecule has 0 bridgehead atoms. The number of carbonyl (C=O) groups excluding carboxylic acids is 4. The van der Waals surface area contributed by atoms with Gasteiger partial charge in [-0.1, -0.05) is 312 Å². The van der Waals surface area contributed by atoms with Gasteiger partial charge in [0.1, 0.15) is 19.3 Å². The van der Waals surface area contributed by atoms with Crippen LogP contribution in [0.1, 0.15) is 364 Å². The summed E-state index contributed by atoms with van der Waals surface area (Å²) in [5, 5.41) is 10.6. The fraction of sp³-hybridized carbons (Fsp3) is 0.945. The number of aliphatic hydroxyl groups is 1. The van der Waals surface area contributed by atoms with Crippen molar-refractivity contribution < 1.29 is 80.2 Å². The minimum absolute atomic E-state index is 0.105. The lowest BCUT2D eigenvalue weighted by atomic mass is 9.99. The van der Waals surface area contributed by atoms with Gasteiger partial charge in [-0.2, -0.15) is 0 Å². The van der Waals surface area contributed by atoms with Gasteiger partial charge in [-0.3, -0.25) is 37.3 Å². The van der Waals surface area contributed by atoms with E-state index in [4.69, 9.17) is 37.0 Å². The molecule has 17 nitrogen and oxygen atoms in total. The zero-order chi connectivity index (χ0) is 68.2. The van der Waals surface area contributed by atoms with E-state index in [1.807, 2.05) is 0 Å². The van der Waals surface area contributed by atoms with Crippen LogP contribution in [0.15, 0.2) is 0 Å². The van der Waals surface area contributed by atoms with Crippen LogP contribution in [0.5, 0.6) is 0 Å². The second kappa shape index (κ2) is 62.6. The first-order valence-electron chi connectivity index (χ1n) is 37.7. The van der Waals surface area contributed by atoms with Gasteiger partial charge in [0.15, 0.2) is 12.2 Å². The number of phosphoric acid groups is 2. The van der Waals surface area contributed by atoms with Crippen LogP contribution in [0.2, 0.25) is 0 Å². The molecule has 0 fully saturated rings. The number of hydrogen-bond donors (Lipinski definition) is 3. The summed E-state index contributed by atoms with van der Waals surface area (Å²) in [4.78, 5) is 72.7. The highest BCUT2D eigenvalue weighted by atomic mass is 31.2. The molecule has 0 heterocycles. The molecule has 6 atom stereocenters. The minimum Gasteiger partial charge on any atom is -0.462 e. The molecule has 0 aliphatic rings. The summed E-state index contributed by atoms with van der Waals surface area (Å²) in [5.74, 6) is 0.920. The molecule has 19 heteroatoms. The maximum Gasteiger partial charge on any atom is 0.472 e. The third-order valence-corrected chi connectivity index (χ3v) is 19.1. The van der Waals surface area contributed by atoms with E-state index < -0.39 is 97.5 Å². The molecular formula is C73H142O17P2. The van der Waals surface area contributed by atoms with Crippen LogP contribution in [0, 0.1) is 23.7 Å². The number of esters is 4. The van der Waals surface area contributed by atoms with Gasteiger partial charge in [-0.25, -0.2) is 9.13 Å². The molecule has 546 valence electrons. The molecule has 0 aromatic rings. The zero-order valence-corrected chi connectivity index (χ0v) is 62.0. The summed E-state index contributed by atoms with van der Waals surface area (Å²) in [6.07, 6.45) is 45.7. The minimum atomic E-state index is -4.96. The van der Waals surface area contributed by atoms with E-state index in [1.54, 1.807) is 0 Å². The summed E-state index contributed by atoms with van der Waals surface area (Å²) in [5.41, 5.74) is 0. The van der Waals surface area contributed by atoms with Crippen molar-refractivity contribution in [2.45, 2.75) is 382 Å². The first kappa shape index (κ1) is 90.1. The monoisotopic (exact) mass is 1350 g/mol. The van der Waals surface area contributed by atoms with Crippen molar-refractivity contribution in [2.75, 3.05) is 39.6 Å². The normalized spacial score (nSPS) is 14.5. The van der Waals surface area contributed by atoms with Gasteiger partial charge in [0.2, 0.25) is 0 Å². The molecule has 0 spiro atoms. The van der Waals surface area contributed by atoms with Crippen LogP contribution in [0.25, 0.3) is 0 Å². The fourth-order valence-corrected chi connectivity index (χ4v) is 12.6. The van der Waals surface area contributed by atoms with Crippen LogP contribution in [-0.2, 0) is 65.4 Å². The quantitative estimate of drug-likeness (QED) is 0.0222. The van der Waals surface area contributed by atoms with E-state index in [2.05, 4.69) is 55.4 Å². The summed E-state index contributed by atoms with van der Waals surface area (Å²) >= 11 is 0. The van der Waals surface area contributed by atoms with Gasteiger partial charge in [-0.15, -0.1) is 0 Å². The Labute approximate surface area is 562 Å². The smallest absolute Gasteiger partial charge is 0.462 e. The predicted octanol–water partition coefficient (Wildman–Crippen LogP) is 20.9. The maximum absolute atomic E-state index is 13.1. The van der Waals surface area contributed by atoms with E-state index in [1.165, 1.54) is 161 Å². The molecule has 0 aromatic carbocycles. The number of rotatable bonds is 70. The van der Waals surface area contributed by atoms with Crippen LogP contribution < -0.4 is 0 Å². The molecule has 4 unspecified atom stereocenters. The molecule has 0 aliphatic heterocycles. The van der Waals surface area contributed by atoms with Crippen LogP contribution >= 0.6 is 15.6 Å². The standard InChI is InChI=1S/C73H142O17P2/c1-9-66(8)52-44-36-28-20-16-17-21-29-37-45-53-70(75)83-59-68(89-72(77)55-47-39-30-22-14-10-12-18-25-33-41-49-63(2)3)61-87-91(79,80)85-57-67(74)58-86-92(81,82)88-62-69(60-84-71(76)54-46-38-32-24-27-35-43-51-65(6)7)90-73(78)56-48-40-31-23-15-11-13-19-26-34-42-50-64(4)5/h63-69,74H,9-62H2,1-8H3,(H,79,80)(H,81,82)/t66?,67?,68-,69-/m1/s1. The van der Waals surface area contributed by atoms with Gasteiger partial charge in [0.25, 0.3) is 0 Å². The van der Waals surface area contributed by atoms with Crippen molar-refractivity contribution in [1.82, 2.24) is 0 Å². The Balaban J connectivity index is 5.27. The number of carbonyl (C=O) groups is 4. The first-order valence-corrected chi connectivity index (χ1v) is 40.7. The largest absolute Gasteiger partial charge is 0.472 e. The highest BCUT2D eigenvalue weighted by Crippen LogP contribution is 2.45. The summed E-state index contributed by atoms with van der Waals surface area (Å²) in [6.45, 7) is 14.2. The van der Waals surface area contributed by atoms with Crippen molar-refractivity contribution >= 4 is 39.5 Å².